The molecule has 6 heteroatoms. The van der Waals surface area contributed by atoms with Gasteiger partial charge in [-0.1, -0.05) is 0 Å². The summed E-state index contributed by atoms with van der Waals surface area (Å²) in [5, 5.41) is 17.3. The van der Waals surface area contributed by atoms with Crippen molar-refractivity contribution in [2.24, 2.45) is 0 Å². The number of benzene rings is 1. The molecule has 0 aromatic heterocycles. The topological polar surface area (TPSA) is 61.1 Å². The highest BCUT2D eigenvalue weighted by molar-refractivity contribution is 9.14. The first kappa shape index (κ1) is 13.4. The van der Waals surface area contributed by atoms with Crippen molar-refractivity contribution >= 4 is 59.8 Å². The number of halogens is 3. The molecule has 1 rings (SSSR count). The third kappa shape index (κ3) is 3.17. The zero-order chi connectivity index (χ0) is 12.3. The van der Waals surface area contributed by atoms with Crippen LogP contribution in [0.2, 0.25) is 0 Å². The molecule has 0 fully saturated rings. The molecule has 0 bridgehead atoms. The zero-order valence-corrected chi connectivity index (χ0v) is 12.4. The largest absolute Gasteiger partial charge is 0.477 e. The Labute approximate surface area is 117 Å². The van der Waals surface area contributed by atoms with E-state index in [0.29, 0.717) is 5.56 Å². The lowest BCUT2D eigenvalue weighted by Crippen LogP contribution is -1.97. The Morgan fingerprint density at radius 2 is 1.81 bits per heavy atom. The highest BCUT2D eigenvalue weighted by Gasteiger charge is 2.08. The molecule has 1 N–H and O–H groups in total. The van der Waals surface area contributed by atoms with Crippen LogP contribution in [0.4, 0.5) is 0 Å². The minimum absolute atomic E-state index is 0.305. The Hall–Kier alpha value is -0.640. The van der Waals surface area contributed by atoms with Gasteiger partial charge in [0.05, 0.1) is 0 Å². The molecule has 0 aliphatic heterocycles. The molecule has 0 saturated carbocycles. The number of hydrogen-bond donors (Lipinski definition) is 1. The van der Waals surface area contributed by atoms with Crippen molar-refractivity contribution in [3.8, 4) is 6.07 Å². The van der Waals surface area contributed by atoms with E-state index in [1.165, 1.54) is 6.08 Å². The van der Waals surface area contributed by atoms with Gasteiger partial charge in [0.1, 0.15) is 11.6 Å². The molecule has 0 radical (unpaired) electrons. The van der Waals surface area contributed by atoms with Gasteiger partial charge in [0.2, 0.25) is 0 Å². The van der Waals surface area contributed by atoms with Gasteiger partial charge in [-0.3, -0.25) is 0 Å². The number of carboxylic acids is 1. The van der Waals surface area contributed by atoms with E-state index in [2.05, 4.69) is 47.8 Å². The molecule has 0 atom stereocenters. The van der Waals surface area contributed by atoms with E-state index in [1.54, 1.807) is 18.2 Å². The molecule has 0 amide bonds. The van der Waals surface area contributed by atoms with Crippen molar-refractivity contribution < 1.29 is 9.90 Å². The number of rotatable bonds is 2. The van der Waals surface area contributed by atoms with E-state index in [-0.39, 0.29) is 5.57 Å². The molecule has 0 heterocycles. The fourth-order valence-corrected chi connectivity index (χ4v) is 2.42. The summed E-state index contributed by atoms with van der Waals surface area (Å²) in [7, 11) is 0. The van der Waals surface area contributed by atoms with Gasteiger partial charge in [0.15, 0.2) is 0 Å². The highest BCUT2D eigenvalue weighted by atomic mass is 79.9. The Balaban J connectivity index is 3.27. The average Bonchev–Trinajstić information content (AvgIpc) is 2.21. The van der Waals surface area contributed by atoms with Gasteiger partial charge in [-0.15, -0.1) is 0 Å². The van der Waals surface area contributed by atoms with Crippen LogP contribution in [0, 0.1) is 11.3 Å². The summed E-state index contributed by atoms with van der Waals surface area (Å²) in [6, 6.07) is 5.06. The Kier molecular flexibility index (Phi) is 4.71. The third-order valence-electron chi connectivity index (χ3n) is 1.67. The summed E-state index contributed by atoms with van der Waals surface area (Å²) in [6.45, 7) is 0. The van der Waals surface area contributed by atoms with E-state index in [0.717, 1.165) is 13.4 Å². The minimum atomic E-state index is -1.24. The first-order chi connectivity index (χ1) is 7.45. The zero-order valence-electron chi connectivity index (χ0n) is 7.67. The van der Waals surface area contributed by atoms with E-state index in [9.17, 15) is 4.79 Å². The average molecular weight is 410 g/mol. The van der Waals surface area contributed by atoms with Gasteiger partial charge in [0, 0.05) is 13.4 Å². The van der Waals surface area contributed by atoms with Crippen LogP contribution in [-0.2, 0) is 4.79 Å². The first-order valence-corrected chi connectivity index (χ1v) is 6.33. The molecule has 0 saturated heterocycles. The summed E-state index contributed by atoms with van der Waals surface area (Å²) in [5.41, 5.74) is 0.321. The number of aliphatic carboxylic acids is 1. The number of carboxylic acid groups (broad SMARTS) is 1. The number of hydrogen-bond acceptors (Lipinski definition) is 2. The van der Waals surface area contributed by atoms with Crippen molar-refractivity contribution in [3.05, 3.63) is 36.7 Å². The van der Waals surface area contributed by atoms with Crippen LogP contribution in [0.3, 0.4) is 0 Å². The minimum Gasteiger partial charge on any atom is -0.477 e. The van der Waals surface area contributed by atoms with Crippen molar-refractivity contribution in [1.29, 1.82) is 5.26 Å². The Morgan fingerprint density at radius 3 is 2.19 bits per heavy atom. The second-order valence-corrected chi connectivity index (χ2v) is 5.28. The van der Waals surface area contributed by atoms with Crippen molar-refractivity contribution in [3.63, 3.8) is 0 Å². The summed E-state index contributed by atoms with van der Waals surface area (Å²) in [6.07, 6.45) is 1.31. The van der Waals surface area contributed by atoms with Crippen molar-refractivity contribution in [2.45, 2.75) is 0 Å². The fourth-order valence-electron chi connectivity index (χ4n) is 0.967. The lowest BCUT2D eigenvalue weighted by molar-refractivity contribution is -0.132. The molecular weight excluding hydrogens is 406 g/mol. The second kappa shape index (κ2) is 5.62. The van der Waals surface area contributed by atoms with E-state index < -0.39 is 5.97 Å². The summed E-state index contributed by atoms with van der Waals surface area (Å²) in [4.78, 5) is 10.6. The van der Waals surface area contributed by atoms with Crippen LogP contribution in [0.15, 0.2) is 31.1 Å². The number of nitrogens with zero attached hydrogens (tertiary/aromatic N) is 1. The Bertz CT molecular complexity index is 494. The smallest absolute Gasteiger partial charge is 0.346 e. The van der Waals surface area contributed by atoms with E-state index in [4.69, 9.17) is 10.4 Å². The van der Waals surface area contributed by atoms with Crippen molar-refractivity contribution in [1.82, 2.24) is 0 Å². The molecule has 0 aliphatic rings. The summed E-state index contributed by atoms with van der Waals surface area (Å²) in [5.74, 6) is -1.24. The molecule has 82 valence electrons. The van der Waals surface area contributed by atoms with Gasteiger partial charge in [0.25, 0.3) is 0 Å². The maximum Gasteiger partial charge on any atom is 0.346 e. The van der Waals surface area contributed by atoms with Gasteiger partial charge in [-0.25, -0.2) is 4.79 Å². The lowest BCUT2D eigenvalue weighted by Gasteiger charge is -2.02. The van der Waals surface area contributed by atoms with Gasteiger partial charge >= 0.3 is 5.97 Å². The van der Waals surface area contributed by atoms with Crippen LogP contribution < -0.4 is 0 Å². The van der Waals surface area contributed by atoms with Crippen molar-refractivity contribution in [2.75, 3.05) is 0 Å². The first-order valence-electron chi connectivity index (χ1n) is 3.95. The fraction of sp³-hybridized carbons (Fsp3) is 0. The molecular formula is C10H4Br3NO2. The monoisotopic (exact) mass is 407 g/mol. The molecule has 0 unspecified atom stereocenters. The van der Waals surface area contributed by atoms with E-state index in [1.807, 2.05) is 0 Å². The van der Waals surface area contributed by atoms with Crippen LogP contribution >= 0.6 is 47.8 Å². The number of carbonyl (C=O) groups is 1. The molecule has 0 aliphatic carbocycles. The van der Waals surface area contributed by atoms with Crippen LogP contribution in [0.5, 0.6) is 0 Å². The van der Waals surface area contributed by atoms with Crippen LogP contribution in [0.1, 0.15) is 5.56 Å². The summed E-state index contributed by atoms with van der Waals surface area (Å²) < 4.78 is 2.38. The summed E-state index contributed by atoms with van der Waals surface area (Å²) >= 11 is 9.95. The predicted octanol–water partition coefficient (Wildman–Crippen LogP) is 3.97. The SMILES string of the molecule is N#C/C(=C\c1cc(Br)c(Br)c(Br)c1)C(=O)O. The quantitative estimate of drug-likeness (QED) is 0.457. The molecule has 16 heavy (non-hydrogen) atoms. The second-order valence-electron chi connectivity index (χ2n) is 2.77. The number of nitriles is 1. The van der Waals surface area contributed by atoms with E-state index >= 15 is 0 Å². The molecule has 1 aromatic carbocycles. The molecule has 0 spiro atoms. The Morgan fingerprint density at radius 1 is 1.31 bits per heavy atom. The third-order valence-corrected chi connectivity index (χ3v) is 4.84. The van der Waals surface area contributed by atoms with Gasteiger partial charge in [-0.2, -0.15) is 5.26 Å². The maximum atomic E-state index is 10.6. The van der Waals surface area contributed by atoms with Gasteiger partial charge in [-0.05, 0) is 71.6 Å². The lowest BCUT2D eigenvalue weighted by atomic mass is 10.1. The normalized spacial score (nSPS) is 11.0. The predicted molar refractivity (Wildman–Crippen MR) is 70.8 cm³/mol. The molecule has 3 nitrogen and oxygen atoms in total. The standard InChI is InChI=1S/C10H4Br3NO2/c11-7-2-5(3-8(12)9(7)13)1-6(4-14)10(15)16/h1-3H,(H,15,16)/b6-1+. The van der Waals surface area contributed by atoms with Crippen LogP contribution in [0.25, 0.3) is 6.08 Å². The van der Waals surface area contributed by atoms with Crippen LogP contribution in [-0.4, -0.2) is 11.1 Å². The highest BCUT2D eigenvalue weighted by Crippen LogP contribution is 2.32. The molecule has 1 aromatic rings. The van der Waals surface area contributed by atoms with Gasteiger partial charge < -0.3 is 5.11 Å². The maximum absolute atomic E-state index is 10.6.